The molecule has 0 spiro atoms. The molecule has 0 unspecified atom stereocenters. The van der Waals surface area contributed by atoms with Gasteiger partial charge in [0.25, 0.3) is 0 Å². The van der Waals surface area contributed by atoms with Crippen LogP contribution >= 0.6 is 0 Å². The molecule has 2 aromatic carbocycles. The van der Waals surface area contributed by atoms with E-state index in [0.29, 0.717) is 5.41 Å². The highest BCUT2D eigenvalue weighted by Crippen LogP contribution is 2.57. The van der Waals surface area contributed by atoms with Crippen molar-refractivity contribution in [3.63, 3.8) is 0 Å². The van der Waals surface area contributed by atoms with Crippen LogP contribution in [0.4, 0.5) is 0 Å². The zero-order valence-electron chi connectivity index (χ0n) is 17.1. The molecule has 0 amide bonds. The van der Waals surface area contributed by atoms with Gasteiger partial charge in [-0.15, -0.1) is 0 Å². The van der Waals surface area contributed by atoms with Gasteiger partial charge in [-0.2, -0.15) is 0 Å². The molecule has 5 rings (SSSR count). The molecule has 2 bridgehead atoms. The Kier molecular flexibility index (Phi) is 4.02. The fourth-order valence-electron chi connectivity index (χ4n) is 5.99. The van der Waals surface area contributed by atoms with Crippen LogP contribution in [0.5, 0.6) is 0 Å². The van der Waals surface area contributed by atoms with Gasteiger partial charge in [-0.25, -0.2) is 0 Å². The fourth-order valence-corrected chi connectivity index (χ4v) is 7.16. The first-order valence-corrected chi connectivity index (χ1v) is 14.3. The van der Waals surface area contributed by atoms with Gasteiger partial charge < -0.3 is 0 Å². The van der Waals surface area contributed by atoms with E-state index in [1.165, 1.54) is 61.6 Å². The highest BCUT2D eigenvalue weighted by molar-refractivity contribution is 6.88. The molecule has 2 fully saturated rings. The molecule has 0 N–H and O–H groups in total. The topological polar surface area (TPSA) is 0 Å². The van der Waals surface area contributed by atoms with Gasteiger partial charge in [0, 0.05) is 0 Å². The minimum Gasteiger partial charge on any atom is -0.0656 e. The first-order chi connectivity index (χ1) is 12.9. The van der Waals surface area contributed by atoms with E-state index in [1.807, 2.05) is 0 Å². The number of hydrogen-bond donors (Lipinski definition) is 0. The maximum absolute atomic E-state index is 2.55. The van der Waals surface area contributed by atoms with E-state index in [2.05, 4.69) is 68.2 Å². The van der Waals surface area contributed by atoms with E-state index in [0.717, 1.165) is 5.92 Å². The van der Waals surface area contributed by atoms with Crippen molar-refractivity contribution in [2.45, 2.75) is 64.6 Å². The van der Waals surface area contributed by atoms with E-state index < -0.39 is 8.07 Å². The Balaban J connectivity index is 1.44. The molecule has 0 radical (unpaired) electrons. The Morgan fingerprint density at radius 2 is 1.70 bits per heavy atom. The number of rotatable bonds is 4. The van der Waals surface area contributed by atoms with Crippen molar-refractivity contribution in [3.8, 4) is 11.1 Å². The van der Waals surface area contributed by atoms with E-state index in [-0.39, 0.29) is 0 Å². The summed E-state index contributed by atoms with van der Waals surface area (Å²) >= 11 is 0. The Labute approximate surface area is 165 Å². The molecule has 2 saturated carbocycles. The summed E-state index contributed by atoms with van der Waals surface area (Å²) in [6, 6.07) is 16.4. The van der Waals surface area contributed by atoms with Gasteiger partial charge in [-0.1, -0.05) is 78.9 Å². The van der Waals surface area contributed by atoms with Gasteiger partial charge in [-0.05, 0) is 78.5 Å². The Hall–Kier alpha value is -1.60. The third kappa shape index (κ3) is 3.14. The smallest absolute Gasteiger partial charge is 0.0656 e. The van der Waals surface area contributed by atoms with Crippen LogP contribution < -0.4 is 5.19 Å². The first kappa shape index (κ1) is 17.5. The SMILES string of the molecule is C[Si](C)(C)c1ccc(-c2cccc3c2C=C(CC24CCC(CC2)C4)C3)cc1. The predicted molar refractivity (Wildman–Crippen MR) is 120 cm³/mol. The van der Waals surface area contributed by atoms with Gasteiger partial charge in [0.1, 0.15) is 0 Å². The van der Waals surface area contributed by atoms with E-state index in [1.54, 1.807) is 16.3 Å². The summed E-state index contributed by atoms with van der Waals surface area (Å²) in [5, 5.41) is 1.55. The van der Waals surface area contributed by atoms with Crippen molar-refractivity contribution < 1.29 is 0 Å². The molecule has 27 heavy (non-hydrogen) atoms. The first-order valence-electron chi connectivity index (χ1n) is 10.8. The summed E-state index contributed by atoms with van der Waals surface area (Å²) in [5.74, 6) is 1.05. The van der Waals surface area contributed by atoms with Crippen molar-refractivity contribution >= 4 is 19.3 Å². The summed E-state index contributed by atoms with van der Waals surface area (Å²) < 4.78 is 0. The molecule has 3 aliphatic carbocycles. The molecule has 0 aromatic heterocycles. The van der Waals surface area contributed by atoms with E-state index in [9.17, 15) is 0 Å². The van der Waals surface area contributed by atoms with Crippen LogP contribution in [0, 0.1) is 11.3 Å². The normalized spacial score (nSPS) is 26.3. The Morgan fingerprint density at radius 3 is 2.33 bits per heavy atom. The number of hydrogen-bond acceptors (Lipinski definition) is 0. The largest absolute Gasteiger partial charge is 0.0775 e. The lowest BCUT2D eigenvalue weighted by Gasteiger charge is -2.27. The van der Waals surface area contributed by atoms with Gasteiger partial charge in [0.05, 0.1) is 8.07 Å². The van der Waals surface area contributed by atoms with Crippen LogP contribution in [0.25, 0.3) is 17.2 Å². The summed E-state index contributed by atoms with van der Waals surface area (Å²) in [7, 11) is -1.23. The third-order valence-electron chi connectivity index (χ3n) is 7.51. The summed E-state index contributed by atoms with van der Waals surface area (Å²) in [6.45, 7) is 7.27. The van der Waals surface area contributed by atoms with Crippen molar-refractivity contribution in [2.75, 3.05) is 0 Å². The van der Waals surface area contributed by atoms with Crippen molar-refractivity contribution in [1.82, 2.24) is 0 Å². The average Bonchev–Trinajstić information content (AvgIpc) is 3.34. The fraction of sp³-hybridized carbons (Fsp3) is 0.462. The predicted octanol–water partition coefficient (Wildman–Crippen LogP) is 6.81. The Morgan fingerprint density at radius 1 is 0.963 bits per heavy atom. The van der Waals surface area contributed by atoms with E-state index >= 15 is 0 Å². The molecule has 2 aromatic rings. The van der Waals surface area contributed by atoms with Gasteiger partial charge in [0.15, 0.2) is 0 Å². The monoisotopic (exact) mass is 372 g/mol. The lowest BCUT2D eigenvalue weighted by molar-refractivity contribution is 0.291. The molecule has 0 saturated heterocycles. The second-order valence-corrected chi connectivity index (χ2v) is 15.6. The summed E-state index contributed by atoms with van der Waals surface area (Å²) in [6.07, 6.45) is 12.6. The number of allylic oxidation sites excluding steroid dienone is 1. The molecule has 0 aliphatic heterocycles. The standard InChI is InChI=1S/C26H32Si/c1-27(2,3)23-9-7-21(8-10-23)24-6-4-5-22-15-20(16-25(22)24)18-26-13-11-19(17-26)12-14-26/h4-10,16,19H,11-15,17-18H2,1-3H3. The van der Waals surface area contributed by atoms with Gasteiger partial charge in [0.2, 0.25) is 0 Å². The van der Waals surface area contributed by atoms with Gasteiger partial charge >= 0.3 is 0 Å². The quantitative estimate of drug-likeness (QED) is 0.517. The molecular formula is C26H32Si. The van der Waals surface area contributed by atoms with Crippen LogP contribution in [0.15, 0.2) is 48.0 Å². The molecule has 3 aliphatic rings. The minimum absolute atomic E-state index is 0.664. The average molecular weight is 373 g/mol. The molecule has 0 nitrogen and oxygen atoms in total. The zero-order valence-corrected chi connectivity index (χ0v) is 18.1. The van der Waals surface area contributed by atoms with Crippen LogP contribution in [-0.2, 0) is 6.42 Å². The zero-order chi connectivity index (χ0) is 18.6. The van der Waals surface area contributed by atoms with Crippen molar-refractivity contribution in [3.05, 3.63) is 59.2 Å². The minimum atomic E-state index is -1.23. The molecule has 0 atom stereocenters. The lowest BCUT2D eigenvalue weighted by atomic mass is 9.78. The van der Waals surface area contributed by atoms with Crippen LogP contribution in [-0.4, -0.2) is 8.07 Å². The maximum atomic E-state index is 2.55. The summed E-state index contributed by atoms with van der Waals surface area (Å²) in [4.78, 5) is 0. The van der Waals surface area contributed by atoms with Crippen LogP contribution in [0.3, 0.4) is 0 Å². The number of benzene rings is 2. The van der Waals surface area contributed by atoms with Crippen LogP contribution in [0.2, 0.25) is 19.6 Å². The lowest BCUT2D eigenvalue weighted by Crippen LogP contribution is -2.37. The summed E-state index contributed by atoms with van der Waals surface area (Å²) in [5.41, 5.74) is 8.21. The maximum Gasteiger partial charge on any atom is 0.0775 e. The second-order valence-electron chi connectivity index (χ2n) is 10.5. The van der Waals surface area contributed by atoms with E-state index in [4.69, 9.17) is 0 Å². The van der Waals surface area contributed by atoms with Gasteiger partial charge in [-0.3, -0.25) is 0 Å². The third-order valence-corrected chi connectivity index (χ3v) is 9.58. The highest BCUT2D eigenvalue weighted by Gasteiger charge is 2.45. The molecular weight excluding hydrogens is 340 g/mol. The van der Waals surface area contributed by atoms with Crippen LogP contribution in [0.1, 0.15) is 49.7 Å². The molecule has 0 heterocycles. The second kappa shape index (κ2) is 6.20. The number of fused-ring (bicyclic) bond motifs is 3. The molecule has 140 valence electrons. The van der Waals surface area contributed by atoms with Crippen molar-refractivity contribution in [1.29, 1.82) is 0 Å². The molecule has 1 heteroatoms. The Bertz CT molecular complexity index is 887. The highest BCUT2D eigenvalue weighted by atomic mass is 28.3. The van der Waals surface area contributed by atoms with Crippen molar-refractivity contribution in [2.24, 2.45) is 11.3 Å².